The van der Waals surface area contributed by atoms with Gasteiger partial charge in [-0.1, -0.05) is 36.4 Å². The van der Waals surface area contributed by atoms with Crippen LogP contribution in [0.2, 0.25) is 0 Å². The van der Waals surface area contributed by atoms with Crippen molar-refractivity contribution in [3.05, 3.63) is 65.2 Å². The van der Waals surface area contributed by atoms with Crippen LogP contribution in [0.15, 0.2) is 48.5 Å². The summed E-state index contributed by atoms with van der Waals surface area (Å²) in [7, 11) is 1.68. The highest BCUT2D eigenvalue weighted by atomic mass is 16.5. The maximum Gasteiger partial charge on any atom is 0.168 e. The van der Waals surface area contributed by atoms with Crippen LogP contribution in [-0.4, -0.2) is 36.7 Å². The molecular weight excluding hydrogens is 338 g/mol. The third-order valence-electron chi connectivity index (χ3n) is 5.46. The normalized spacial score (nSPS) is 19.4. The van der Waals surface area contributed by atoms with Gasteiger partial charge in [-0.3, -0.25) is 4.79 Å². The Morgan fingerprint density at radius 2 is 1.93 bits per heavy atom. The number of Topliss-reactive ketones (excluding diaryl/α,β-unsaturated/α-hetero) is 1. The van der Waals surface area contributed by atoms with E-state index in [1.165, 1.54) is 11.1 Å². The summed E-state index contributed by atoms with van der Waals surface area (Å²) < 4.78 is 5.24. The van der Waals surface area contributed by atoms with Crippen molar-refractivity contribution in [1.82, 2.24) is 5.32 Å². The Morgan fingerprint density at radius 1 is 1.11 bits per heavy atom. The highest BCUT2D eigenvalue weighted by molar-refractivity contribution is 5.89. The zero-order valence-corrected chi connectivity index (χ0v) is 16.0. The first kappa shape index (κ1) is 19.6. The number of hydrogen-bond donors (Lipinski definition) is 2. The summed E-state index contributed by atoms with van der Waals surface area (Å²) in [6.45, 7) is 1.66. The van der Waals surface area contributed by atoms with Gasteiger partial charge in [-0.15, -0.1) is 0 Å². The number of ether oxygens (including phenoxy) is 1. The summed E-state index contributed by atoms with van der Waals surface area (Å²) >= 11 is 0. The van der Waals surface area contributed by atoms with Crippen molar-refractivity contribution in [3.63, 3.8) is 0 Å². The van der Waals surface area contributed by atoms with Gasteiger partial charge in [0.25, 0.3) is 0 Å². The van der Waals surface area contributed by atoms with Gasteiger partial charge in [-0.05, 0) is 74.0 Å². The molecule has 1 atom stereocenters. The molecule has 0 aliphatic heterocycles. The minimum atomic E-state index is -1.19. The Kier molecular flexibility index (Phi) is 6.64. The van der Waals surface area contributed by atoms with Crippen LogP contribution in [0.1, 0.15) is 36.0 Å². The minimum Gasteiger partial charge on any atom is -0.497 e. The summed E-state index contributed by atoms with van der Waals surface area (Å²) in [6, 6.07) is 16.1. The fourth-order valence-corrected chi connectivity index (χ4v) is 3.75. The lowest BCUT2D eigenvalue weighted by molar-refractivity contribution is -0.137. The standard InChI is InChI=1S/C23H29NO3/c1-27-21-9-4-6-18(16-21)11-15-24-14-5-12-23(26)13-10-19-7-2-3-8-20(19)17-22(23)25/h2-4,6-9,16,24,26H,5,10-15,17H2,1H3. The number of rotatable bonds is 8. The molecule has 0 saturated carbocycles. The predicted molar refractivity (Wildman–Crippen MR) is 107 cm³/mol. The van der Waals surface area contributed by atoms with E-state index in [9.17, 15) is 9.90 Å². The molecule has 144 valence electrons. The van der Waals surface area contributed by atoms with Gasteiger partial charge in [0.05, 0.1) is 7.11 Å². The van der Waals surface area contributed by atoms with Crippen molar-refractivity contribution in [3.8, 4) is 5.75 Å². The molecule has 1 unspecified atom stereocenters. The molecule has 0 bridgehead atoms. The Bertz CT molecular complexity index is 774. The van der Waals surface area contributed by atoms with Crippen molar-refractivity contribution in [2.24, 2.45) is 0 Å². The van der Waals surface area contributed by atoms with E-state index < -0.39 is 5.60 Å². The van der Waals surface area contributed by atoms with Crippen molar-refractivity contribution in [1.29, 1.82) is 0 Å². The van der Waals surface area contributed by atoms with Crippen LogP contribution >= 0.6 is 0 Å². The average molecular weight is 367 g/mol. The Balaban J connectivity index is 1.41. The zero-order chi connectivity index (χ0) is 19.1. The lowest BCUT2D eigenvalue weighted by atomic mass is 9.88. The molecule has 1 aliphatic carbocycles. The number of benzene rings is 2. The van der Waals surface area contributed by atoms with E-state index in [2.05, 4.69) is 17.4 Å². The fraction of sp³-hybridized carbons (Fsp3) is 0.435. The molecular formula is C23H29NO3. The molecule has 2 aromatic carbocycles. The summed E-state index contributed by atoms with van der Waals surface area (Å²) in [4.78, 5) is 12.6. The number of nitrogens with one attached hydrogen (secondary N) is 1. The molecule has 4 nitrogen and oxygen atoms in total. The van der Waals surface area contributed by atoms with Crippen LogP contribution < -0.4 is 10.1 Å². The van der Waals surface area contributed by atoms with Gasteiger partial charge in [0.15, 0.2) is 5.78 Å². The molecule has 0 amide bonds. The summed E-state index contributed by atoms with van der Waals surface area (Å²) in [5, 5.41) is 14.3. The lowest BCUT2D eigenvalue weighted by Crippen LogP contribution is -2.39. The van der Waals surface area contributed by atoms with E-state index in [0.29, 0.717) is 19.3 Å². The second-order valence-corrected chi connectivity index (χ2v) is 7.36. The molecule has 0 saturated heterocycles. The van der Waals surface area contributed by atoms with Crippen molar-refractivity contribution >= 4 is 5.78 Å². The third-order valence-corrected chi connectivity index (χ3v) is 5.46. The van der Waals surface area contributed by atoms with Gasteiger partial charge in [0.1, 0.15) is 11.4 Å². The SMILES string of the molecule is COc1cccc(CCNCCCC2(O)CCc3ccccc3CC2=O)c1. The first-order valence-corrected chi connectivity index (χ1v) is 9.77. The first-order valence-electron chi connectivity index (χ1n) is 9.77. The third kappa shape index (κ3) is 5.18. The summed E-state index contributed by atoms with van der Waals surface area (Å²) in [5.41, 5.74) is 2.30. The van der Waals surface area contributed by atoms with E-state index in [1.807, 2.05) is 36.4 Å². The number of fused-ring (bicyclic) bond motifs is 1. The fourth-order valence-electron chi connectivity index (χ4n) is 3.75. The second-order valence-electron chi connectivity index (χ2n) is 7.36. The number of aryl methyl sites for hydroxylation is 1. The van der Waals surface area contributed by atoms with Crippen LogP contribution in [0.5, 0.6) is 5.75 Å². The van der Waals surface area contributed by atoms with E-state index in [4.69, 9.17) is 4.74 Å². The van der Waals surface area contributed by atoms with E-state index in [-0.39, 0.29) is 5.78 Å². The van der Waals surface area contributed by atoms with Gasteiger partial charge in [0.2, 0.25) is 0 Å². The number of methoxy groups -OCH3 is 1. The Labute approximate surface area is 161 Å². The average Bonchev–Trinajstić information content (AvgIpc) is 2.82. The number of aliphatic hydroxyl groups is 1. The maximum atomic E-state index is 12.6. The molecule has 0 aromatic heterocycles. The smallest absolute Gasteiger partial charge is 0.168 e. The van der Waals surface area contributed by atoms with Gasteiger partial charge in [-0.25, -0.2) is 0 Å². The van der Waals surface area contributed by atoms with Gasteiger partial charge in [-0.2, -0.15) is 0 Å². The number of carbonyl (C=O) groups is 1. The van der Waals surface area contributed by atoms with Crippen LogP contribution in [-0.2, 0) is 24.1 Å². The molecule has 0 spiro atoms. The summed E-state index contributed by atoms with van der Waals surface area (Å²) in [6.07, 6.45) is 3.86. The second kappa shape index (κ2) is 9.16. The monoisotopic (exact) mass is 367 g/mol. The number of ketones is 1. The van der Waals surface area contributed by atoms with Gasteiger partial charge >= 0.3 is 0 Å². The maximum absolute atomic E-state index is 12.6. The van der Waals surface area contributed by atoms with Crippen LogP contribution in [0.4, 0.5) is 0 Å². The predicted octanol–water partition coefficient (Wildman–Crippen LogP) is 3.10. The molecule has 4 heteroatoms. The highest BCUT2D eigenvalue weighted by Crippen LogP contribution is 2.28. The van der Waals surface area contributed by atoms with E-state index >= 15 is 0 Å². The molecule has 2 aromatic rings. The van der Waals surface area contributed by atoms with Crippen molar-refractivity contribution in [2.45, 2.75) is 44.1 Å². The lowest BCUT2D eigenvalue weighted by Gasteiger charge is -2.25. The van der Waals surface area contributed by atoms with Gasteiger partial charge in [0, 0.05) is 6.42 Å². The molecule has 27 heavy (non-hydrogen) atoms. The minimum absolute atomic E-state index is 0.0381. The van der Waals surface area contributed by atoms with E-state index in [1.54, 1.807) is 7.11 Å². The van der Waals surface area contributed by atoms with Crippen LogP contribution in [0, 0.1) is 0 Å². The molecule has 0 fully saturated rings. The Hall–Kier alpha value is -2.17. The number of hydrogen-bond acceptors (Lipinski definition) is 4. The zero-order valence-electron chi connectivity index (χ0n) is 16.0. The quantitative estimate of drug-likeness (QED) is 0.556. The summed E-state index contributed by atoms with van der Waals surface area (Å²) in [5.74, 6) is 0.839. The first-order chi connectivity index (χ1) is 13.1. The molecule has 0 radical (unpaired) electrons. The molecule has 0 heterocycles. The van der Waals surface area contributed by atoms with Crippen molar-refractivity contribution in [2.75, 3.05) is 20.2 Å². The van der Waals surface area contributed by atoms with Crippen LogP contribution in [0.3, 0.4) is 0 Å². The van der Waals surface area contributed by atoms with Crippen molar-refractivity contribution < 1.29 is 14.6 Å². The largest absolute Gasteiger partial charge is 0.497 e. The highest BCUT2D eigenvalue weighted by Gasteiger charge is 2.36. The topological polar surface area (TPSA) is 58.6 Å². The van der Waals surface area contributed by atoms with Crippen LogP contribution in [0.25, 0.3) is 0 Å². The molecule has 3 rings (SSSR count). The molecule has 1 aliphatic rings. The van der Waals surface area contributed by atoms with E-state index in [0.717, 1.165) is 43.7 Å². The molecule has 2 N–H and O–H groups in total. The Morgan fingerprint density at radius 3 is 2.74 bits per heavy atom. The van der Waals surface area contributed by atoms with Gasteiger partial charge < -0.3 is 15.2 Å². The number of carbonyl (C=O) groups excluding carboxylic acids is 1.